The number of allylic oxidation sites excluding steroid dienone is 1. The van der Waals surface area contributed by atoms with Gasteiger partial charge >= 0.3 is 0 Å². The van der Waals surface area contributed by atoms with Gasteiger partial charge in [0.15, 0.2) is 5.78 Å². The Kier molecular flexibility index (Phi) is 6.99. The van der Waals surface area contributed by atoms with Crippen LogP contribution < -0.4 is 5.32 Å². The number of carbonyl (C=O) groups excluding carboxylic acids is 1. The zero-order valence-corrected chi connectivity index (χ0v) is 19.5. The number of hydrogen-bond acceptors (Lipinski definition) is 5. The third-order valence-electron chi connectivity index (χ3n) is 5.15. The van der Waals surface area contributed by atoms with Crippen LogP contribution in [-0.4, -0.2) is 10.8 Å². The van der Waals surface area contributed by atoms with Crippen molar-refractivity contribution >= 4 is 40.0 Å². The summed E-state index contributed by atoms with van der Waals surface area (Å²) in [7, 11) is 0. The van der Waals surface area contributed by atoms with E-state index in [1.807, 2.05) is 35.7 Å². The maximum absolute atomic E-state index is 13.0. The van der Waals surface area contributed by atoms with Crippen LogP contribution in [0.15, 0.2) is 84.4 Å². The predicted molar refractivity (Wildman–Crippen MR) is 135 cm³/mol. The first-order valence-electron chi connectivity index (χ1n) is 10.4. The fourth-order valence-electron chi connectivity index (χ4n) is 3.31. The number of nitrogens with one attached hydrogen (secondary N) is 1. The van der Waals surface area contributed by atoms with Gasteiger partial charge in [-0.15, -0.1) is 11.3 Å². The van der Waals surface area contributed by atoms with E-state index in [1.165, 1.54) is 16.9 Å². The number of rotatable bonds is 7. The van der Waals surface area contributed by atoms with Crippen LogP contribution in [0.1, 0.15) is 33.4 Å². The van der Waals surface area contributed by atoms with Crippen LogP contribution in [0.25, 0.3) is 16.8 Å². The van der Waals surface area contributed by atoms with Crippen LogP contribution in [0.2, 0.25) is 5.02 Å². The Hall–Kier alpha value is -3.72. The van der Waals surface area contributed by atoms with Gasteiger partial charge in [0.1, 0.15) is 16.6 Å². The van der Waals surface area contributed by atoms with Crippen molar-refractivity contribution in [1.82, 2.24) is 4.98 Å². The second-order valence-corrected chi connectivity index (χ2v) is 8.58. The summed E-state index contributed by atoms with van der Waals surface area (Å²) in [5.41, 5.74) is 5.03. The number of nitriles is 1. The number of benzene rings is 3. The fourth-order valence-corrected chi connectivity index (χ4v) is 4.27. The van der Waals surface area contributed by atoms with Gasteiger partial charge in [-0.05, 0) is 30.2 Å². The molecule has 0 aliphatic heterocycles. The Bertz CT molecular complexity index is 1350. The Labute approximate surface area is 201 Å². The van der Waals surface area contributed by atoms with E-state index >= 15 is 0 Å². The Morgan fingerprint density at radius 1 is 1.12 bits per heavy atom. The monoisotopic (exact) mass is 469 g/mol. The van der Waals surface area contributed by atoms with E-state index in [0.29, 0.717) is 32.4 Å². The number of aromatic nitrogens is 1. The maximum Gasteiger partial charge on any atom is 0.195 e. The average Bonchev–Trinajstić information content (AvgIpc) is 3.35. The van der Waals surface area contributed by atoms with Gasteiger partial charge in [0.05, 0.1) is 5.69 Å². The van der Waals surface area contributed by atoms with Gasteiger partial charge in [-0.1, -0.05) is 73.1 Å². The summed E-state index contributed by atoms with van der Waals surface area (Å²) in [5, 5.41) is 15.8. The molecule has 0 amide bonds. The summed E-state index contributed by atoms with van der Waals surface area (Å²) < 4.78 is 0. The molecule has 4 nitrogen and oxygen atoms in total. The van der Waals surface area contributed by atoms with Crippen molar-refractivity contribution in [2.75, 3.05) is 5.32 Å². The van der Waals surface area contributed by atoms with Gasteiger partial charge in [0.25, 0.3) is 0 Å². The Balaban J connectivity index is 1.60. The second kappa shape index (κ2) is 10.3. The number of anilines is 1. The van der Waals surface area contributed by atoms with Crippen LogP contribution in [0.5, 0.6) is 0 Å². The fraction of sp³-hybridized carbons (Fsp3) is 0.0741. The van der Waals surface area contributed by atoms with E-state index in [9.17, 15) is 10.1 Å². The predicted octanol–water partition coefficient (Wildman–Crippen LogP) is 7.23. The van der Waals surface area contributed by atoms with Crippen molar-refractivity contribution in [2.24, 2.45) is 0 Å². The van der Waals surface area contributed by atoms with Crippen LogP contribution in [-0.2, 0) is 6.42 Å². The molecule has 0 aliphatic carbocycles. The number of carbonyl (C=O) groups is 1. The molecule has 1 N–H and O–H groups in total. The molecule has 3 aromatic carbocycles. The van der Waals surface area contributed by atoms with Gasteiger partial charge in [-0.3, -0.25) is 4.79 Å². The van der Waals surface area contributed by atoms with Gasteiger partial charge < -0.3 is 5.32 Å². The first-order valence-corrected chi connectivity index (χ1v) is 11.7. The first-order chi connectivity index (χ1) is 16.1. The van der Waals surface area contributed by atoms with E-state index in [4.69, 9.17) is 11.6 Å². The Morgan fingerprint density at radius 3 is 2.58 bits per heavy atom. The number of halogens is 1. The van der Waals surface area contributed by atoms with Crippen molar-refractivity contribution in [3.05, 3.63) is 111 Å². The summed E-state index contributed by atoms with van der Waals surface area (Å²) >= 11 is 7.56. The Morgan fingerprint density at radius 2 is 1.88 bits per heavy atom. The van der Waals surface area contributed by atoms with E-state index in [-0.39, 0.29) is 5.78 Å². The topological polar surface area (TPSA) is 65.8 Å². The standard InChI is InChI=1S/C27H20ClN3OS/c1-2-18-8-10-19(11-9-18)25-17-33-27(31-25)21(15-29)16-30-24-13-12-22(28)14-23(24)26(32)20-6-4-3-5-7-20/h3-14,16-17,30H,2H2,1H3. The molecular weight excluding hydrogens is 450 g/mol. The van der Waals surface area contributed by atoms with Crippen molar-refractivity contribution < 1.29 is 4.79 Å². The van der Waals surface area contributed by atoms with Crippen molar-refractivity contribution in [3.8, 4) is 17.3 Å². The van der Waals surface area contributed by atoms with Crippen molar-refractivity contribution in [2.45, 2.75) is 13.3 Å². The molecule has 4 aromatic rings. The minimum absolute atomic E-state index is 0.153. The van der Waals surface area contributed by atoms with Crippen LogP contribution in [0, 0.1) is 11.3 Å². The molecule has 0 spiro atoms. The summed E-state index contributed by atoms with van der Waals surface area (Å²) in [6, 6.07) is 24.5. The number of aryl methyl sites for hydroxylation is 1. The molecule has 0 radical (unpaired) electrons. The molecule has 0 aliphatic rings. The zero-order valence-electron chi connectivity index (χ0n) is 17.9. The normalized spacial score (nSPS) is 11.1. The molecule has 0 saturated carbocycles. The highest BCUT2D eigenvalue weighted by Crippen LogP contribution is 2.28. The van der Waals surface area contributed by atoms with Crippen LogP contribution in [0.3, 0.4) is 0 Å². The largest absolute Gasteiger partial charge is 0.360 e. The van der Waals surface area contributed by atoms with Gasteiger partial charge in [-0.2, -0.15) is 5.26 Å². The maximum atomic E-state index is 13.0. The second-order valence-electron chi connectivity index (χ2n) is 7.29. The molecule has 0 bridgehead atoms. The molecule has 4 rings (SSSR count). The molecule has 0 saturated heterocycles. The van der Waals surface area contributed by atoms with E-state index in [2.05, 4.69) is 35.4 Å². The lowest BCUT2D eigenvalue weighted by molar-refractivity contribution is 0.103. The minimum Gasteiger partial charge on any atom is -0.360 e. The third-order valence-corrected chi connectivity index (χ3v) is 6.26. The SMILES string of the molecule is CCc1ccc(-c2csc(C(C#N)=CNc3ccc(Cl)cc3C(=O)c3ccccc3)n2)cc1. The third kappa shape index (κ3) is 5.20. The molecule has 6 heteroatoms. The highest BCUT2D eigenvalue weighted by molar-refractivity contribution is 7.11. The molecule has 0 atom stereocenters. The number of nitrogens with zero attached hydrogens (tertiary/aromatic N) is 2. The lowest BCUT2D eigenvalue weighted by atomic mass is 10.0. The highest BCUT2D eigenvalue weighted by Gasteiger charge is 2.15. The smallest absolute Gasteiger partial charge is 0.195 e. The van der Waals surface area contributed by atoms with Crippen LogP contribution >= 0.6 is 22.9 Å². The molecular formula is C27H20ClN3OS. The lowest BCUT2D eigenvalue weighted by Crippen LogP contribution is -2.05. The first kappa shape index (κ1) is 22.5. The molecule has 33 heavy (non-hydrogen) atoms. The molecule has 0 unspecified atom stereocenters. The summed E-state index contributed by atoms with van der Waals surface area (Å²) in [6.07, 6.45) is 2.56. The quantitative estimate of drug-likeness (QED) is 0.229. The molecule has 162 valence electrons. The number of ketones is 1. The van der Waals surface area contributed by atoms with E-state index in [0.717, 1.165) is 17.7 Å². The van der Waals surface area contributed by atoms with E-state index < -0.39 is 0 Å². The van der Waals surface area contributed by atoms with Gasteiger partial charge in [-0.25, -0.2) is 4.98 Å². The summed E-state index contributed by atoms with van der Waals surface area (Å²) in [4.78, 5) is 17.7. The van der Waals surface area contributed by atoms with Gasteiger partial charge in [0, 0.05) is 39.0 Å². The molecule has 1 aromatic heterocycles. The van der Waals surface area contributed by atoms with Crippen molar-refractivity contribution in [3.63, 3.8) is 0 Å². The number of thiazole rings is 1. The summed E-state index contributed by atoms with van der Waals surface area (Å²) in [5.74, 6) is -0.153. The van der Waals surface area contributed by atoms with Gasteiger partial charge in [0.2, 0.25) is 0 Å². The average molecular weight is 470 g/mol. The number of hydrogen-bond donors (Lipinski definition) is 1. The van der Waals surface area contributed by atoms with Crippen LogP contribution in [0.4, 0.5) is 5.69 Å². The zero-order chi connectivity index (χ0) is 23.2. The van der Waals surface area contributed by atoms with E-state index in [1.54, 1.807) is 36.5 Å². The summed E-state index contributed by atoms with van der Waals surface area (Å²) in [6.45, 7) is 2.12. The minimum atomic E-state index is -0.153. The molecule has 0 fully saturated rings. The van der Waals surface area contributed by atoms with Crippen molar-refractivity contribution in [1.29, 1.82) is 5.26 Å². The molecule has 1 heterocycles. The lowest BCUT2D eigenvalue weighted by Gasteiger charge is -2.10. The highest BCUT2D eigenvalue weighted by atomic mass is 35.5.